The highest BCUT2D eigenvalue weighted by molar-refractivity contribution is 8.00. The Bertz CT molecular complexity index is 869. The minimum Gasteiger partial charge on any atom is -0.468 e. The van der Waals surface area contributed by atoms with Crippen LogP contribution in [0, 0.1) is 0 Å². The van der Waals surface area contributed by atoms with Crippen molar-refractivity contribution in [1.82, 2.24) is 5.32 Å². The van der Waals surface area contributed by atoms with Crippen LogP contribution in [0.4, 0.5) is 13.2 Å². The Morgan fingerprint density at radius 2 is 1.93 bits per heavy atom. The minimum absolute atomic E-state index is 0.0707. The summed E-state index contributed by atoms with van der Waals surface area (Å²) in [6.07, 6.45) is -3.80. The van der Waals surface area contributed by atoms with E-state index in [4.69, 9.17) is 10.5 Å². The van der Waals surface area contributed by atoms with Gasteiger partial charge in [0.2, 0.25) is 0 Å². The van der Waals surface area contributed by atoms with E-state index >= 15 is 0 Å². The molecule has 2 aromatic rings. The summed E-state index contributed by atoms with van der Waals surface area (Å²) in [6.45, 7) is 0.948. The second-order valence-electron chi connectivity index (χ2n) is 7.00. The molecule has 2 unspecified atom stereocenters. The predicted molar refractivity (Wildman–Crippen MR) is 110 cm³/mol. The number of carbonyl (C=O) groups is 1. The number of hydrogen-bond acceptors (Lipinski definition) is 6. The van der Waals surface area contributed by atoms with Gasteiger partial charge in [0, 0.05) is 17.7 Å². The Balaban J connectivity index is 1.75. The van der Waals surface area contributed by atoms with Crippen LogP contribution in [0.15, 0.2) is 42.5 Å². The monoisotopic (exact) mass is 440 g/mol. The fourth-order valence-electron chi connectivity index (χ4n) is 3.17. The van der Waals surface area contributed by atoms with Crippen LogP contribution in [0.5, 0.6) is 11.5 Å². The lowest BCUT2D eigenvalue weighted by atomic mass is 10.0. The molecule has 5 nitrogen and oxygen atoms in total. The first-order valence-electron chi connectivity index (χ1n) is 9.39. The van der Waals surface area contributed by atoms with Gasteiger partial charge < -0.3 is 20.5 Å². The van der Waals surface area contributed by atoms with Crippen LogP contribution in [0.25, 0.3) is 0 Å². The van der Waals surface area contributed by atoms with Crippen molar-refractivity contribution in [2.24, 2.45) is 5.73 Å². The Morgan fingerprint density at radius 3 is 2.53 bits per heavy atom. The summed E-state index contributed by atoms with van der Waals surface area (Å²) in [4.78, 5) is 11.4. The zero-order valence-electron chi connectivity index (χ0n) is 16.4. The number of carbonyl (C=O) groups excluding carboxylic acids is 1. The molecule has 0 aromatic heterocycles. The van der Waals surface area contributed by atoms with Crippen molar-refractivity contribution in [2.45, 2.75) is 30.3 Å². The molecule has 1 aliphatic rings. The maximum absolute atomic E-state index is 13.6. The number of alkyl halides is 3. The Hall–Kier alpha value is -2.23. The molecule has 1 saturated heterocycles. The lowest BCUT2D eigenvalue weighted by Crippen LogP contribution is -2.33. The number of nitrogens with one attached hydrogen (secondary N) is 1. The smallest absolute Gasteiger partial charge is 0.419 e. The van der Waals surface area contributed by atoms with Crippen molar-refractivity contribution < 1.29 is 27.4 Å². The molecule has 1 fully saturated rings. The molecule has 2 aromatic carbocycles. The number of rotatable bonds is 7. The van der Waals surface area contributed by atoms with Gasteiger partial charge in [-0.05, 0) is 48.2 Å². The molecule has 1 aliphatic heterocycles. The molecule has 0 aliphatic carbocycles. The van der Waals surface area contributed by atoms with E-state index in [9.17, 15) is 18.0 Å². The molecule has 9 heteroatoms. The van der Waals surface area contributed by atoms with E-state index in [0.717, 1.165) is 30.5 Å². The summed E-state index contributed by atoms with van der Waals surface area (Å²) < 4.78 is 50.8. The number of nitrogens with two attached hydrogens (primary N) is 1. The summed E-state index contributed by atoms with van der Waals surface area (Å²) in [5, 5.41) is 3.78. The highest BCUT2D eigenvalue weighted by Gasteiger charge is 2.35. The van der Waals surface area contributed by atoms with Crippen LogP contribution in [-0.4, -0.2) is 36.8 Å². The summed E-state index contributed by atoms with van der Waals surface area (Å²) >= 11 is 1.85. The average Bonchev–Trinajstić information content (AvgIpc) is 3.22. The van der Waals surface area contributed by atoms with Crippen molar-refractivity contribution in [3.63, 3.8) is 0 Å². The van der Waals surface area contributed by atoms with Crippen molar-refractivity contribution >= 4 is 17.7 Å². The van der Waals surface area contributed by atoms with Gasteiger partial charge in [-0.15, -0.1) is 11.8 Å². The van der Waals surface area contributed by atoms with Crippen molar-refractivity contribution in [3.8, 4) is 11.5 Å². The van der Waals surface area contributed by atoms with E-state index in [2.05, 4.69) is 10.1 Å². The molecule has 1 heterocycles. The molecule has 162 valence electrons. The van der Waals surface area contributed by atoms with E-state index < -0.39 is 23.8 Å². The summed E-state index contributed by atoms with van der Waals surface area (Å²) in [6, 6.07) is 9.70. The molecule has 0 amide bonds. The molecule has 2 atom stereocenters. The molecule has 0 radical (unpaired) electrons. The standard InChI is InChI=1S/C21H23F3N2O3S/c1-28-20(27)18(25)10-14-4-7-19(17(9-14)21(22,23)24)29-15-5-2-13(3-6-15)8-16-11-26-12-30-16/h2-7,9,16,18,26H,8,10-12,25H2,1H3. The van der Waals surface area contributed by atoms with E-state index in [-0.39, 0.29) is 17.7 Å². The van der Waals surface area contributed by atoms with E-state index in [1.54, 1.807) is 12.1 Å². The van der Waals surface area contributed by atoms with Gasteiger partial charge in [-0.1, -0.05) is 18.2 Å². The van der Waals surface area contributed by atoms with E-state index in [1.807, 2.05) is 23.9 Å². The Labute approximate surface area is 177 Å². The summed E-state index contributed by atoms with van der Waals surface area (Å²) in [7, 11) is 1.18. The molecular weight excluding hydrogens is 417 g/mol. The molecule has 0 saturated carbocycles. The van der Waals surface area contributed by atoms with Crippen LogP contribution in [-0.2, 0) is 28.5 Å². The third-order valence-electron chi connectivity index (χ3n) is 4.72. The highest BCUT2D eigenvalue weighted by atomic mass is 32.2. The van der Waals surface area contributed by atoms with E-state index in [1.165, 1.54) is 19.2 Å². The number of ether oxygens (including phenoxy) is 2. The van der Waals surface area contributed by atoms with Gasteiger partial charge >= 0.3 is 12.1 Å². The van der Waals surface area contributed by atoms with Gasteiger partial charge in [-0.3, -0.25) is 4.79 Å². The first-order valence-corrected chi connectivity index (χ1v) is 10.4. The van der Waals surface area contributed by atoms with Gasteiger partial charge in [0.15, 0.2) is 0 Å². The fraction of sp³-hybridized carbons (Fsp3) is 0.381. The second-order valence-corrected chi connectivity index (χ2v) is 8.29. The summed E-state index contributed by atoms with van der Waals surface area (Å²) in [5.74, 6) is 0.268. The van der Waals surface area contributed by atoms with Crippen LogP contribution in [0.2, 0.25) is 0 Å². The molecule has 0 bridgehead atoms. The van der Waals surface area contributed by atoms with Crippen LogP contribution >= 0.6 is 11.8 Å². The Morgan fingerprint density at radius 1 is 1.23 bits per heavy atom. The van der Waals surface area contributed by atoms with Crippen molar-refractivity contribution in [2.75, 3.05) is 19.5 Å². The maximum atomic E-state index is 13.6. The fourth-order valence-corrected chi connectivity index (χ4v) is 4.19. The topological polar surface area (TPSA) is 73.6 Å². The lowest BCUT2D eigenvalue weighted by molar-refractivity contribution is -0.142. The van der Waals surface area contributed by atoms with Crippen molar-refractivity contribution in [1.29, 1.82) is 0 Å². The Kier molecular flexibility index (Phi) is 7.27. The molecule has 3 rings (SSSR count). The largest absolute Gasteiger partial charge is 0.468 e. The normalized spacial score (nSPS) is 17.6. The number of hydrogen-bond donors (Lipinski definition) is 2. The van der Waals surface area contributed by atoms with Gasteiger partial charge in [0.1, 0.15) is 17.5 Å². The third-order valence-corrected chi connectivity index (χ3v) is 5.89. The second kappa shape index (κ2) is 9.72. The molecular formula is C21H23F3N2O3S. The number of benzene rings is 2. The maximum Gasteiger partial charge on any atom is 0.419 e. The molecule has 30 heavy (non-hydrogen) atoms. The first-order chi connectivity index (χ1) is 14.3. The number of thioether (sulfide) groups is 1. The number of methoxy groups -OCH3 is 1. The minimum atomic E-state index is -4.62. The lowest BCUT2D eigenvalue weighted by Gasteiger charge is -2.16. The summed E-state index contributed by atoms with van der Waals surface area (Å²) in [5.41, 5.74) is 6.11. The van der Waals surface area contributed by atoms with Gasteiger partial charge in [0.05, 0.1) is 12.7 Å². The van der Waals surface area contributed by atoms with Gasteiger partial charge in [-0.2, -0.15) is 13.2 Å². The zero-order chi connectivity index (χ0) is 21.7. The van der Waals surface area contributed by atoms with E-state index in [0.29, 0.717) is 11.0 Å². The first kappa shape index (κ1) is 22.5. The van der Waals surface area contributed by atoms with Crippen LogP contribution < -0.4 is 15.8 Å². The molecule has 0 spiro atoms. The highest BCUT2D eigenvalue weighted by Crippen LogP contribution is 2.39. The zero-order valence-corrected chi connectivity index (χ0v) is 17.2. The predicted octanol–water partition coefficient (Wildman–Crippen LogP) is 3.75. The quantitative estimate of drug-likeness (QED) is 0.639. The SMILES string of the molecule is COC(=O)C(N)Cc1ccc(Oc2ccc(CC3CNCS3)cc2)c(C(F)(F)F)c1. The third kappa shape index (κ3) is 5.90. The molecule has 3 N–H and O–H groups in total. The number of esters is 1. The van der Waals surface area contributed by atoms with Crippen LogP contribution in [0.1, 0.15) is 16.7 Å². The van der Waals surface area contributed by atoms with Crippen molar-refractivity contribution in [3.05, 3.63) is 59.2 Å². The van der Waals surface area contributed by atoms with Gasteiger partial charge in [-0.25, -0.2) is 0 Å². The van der Waals surface area contributed by atoms with Crippen LogP contribution in [0.3, 0.4) is 0 Å². The van der Waals surface area contributed by atoms with Gasteiger partial charge in [0.25, 0.3) is 0 Å². The average molecular weight is 440 g/mol. The number of halogens is 3.